The molecule has 0 radical (unpaired) electrons. The van der Waals surface area contributed by atoms with Gasteiger partial charge in [-0.05, 0) is 24.3 Å². The number of amides is 2. The third-order valence-corrected chi connectivity index (χ3v) is 4.15. The molecule has 0 atom stereocenters. The molecule has 1 heterocycles. The van der Waals surface area contributed by atoms with E-state index in [9.17, 15) is 9.59 Å². The topological polar surface area (TPSA) is 84.2 Å². The molecule has 0 spiro atoms. The Labute approximate surface area is 136 Å². The van der Waals surface area contributed by atoms with Gasteiger partial charge in [0.15, 0.2) is 0 Å². The van der Waals surface area contributed by atoms with Crippen LogP contribution in [-0.2, 0) is 4.79 Å². The van der Waals surface area contributed by atoms with Gasteiger partial charge in [-0.3, -0.25) is 9.59 Å². The molecule has 0 aliphatic rings. The first-order valence-electron chi connectivity index (χ1n) is 6.86. The van der Waals surface area contributed by atoms with Crippen LogP contribution in [0, 0.1) is 0 Å². The zero-order chi connectivity index (χ0) is 15.0. The van der Waals surface area contributed by atoms with Gasteiger partial charge in [-0.15, -0.1) is 12.4 Å². The summed E-state index contributed by atoms with van der Waals surface area (Å²) >= 11 is 1.47. The number of carbonyl (C=O) groups is 2. The summed E-state index contributed by atoms with van der Waals surface area (Å²) in [5.41, 5.74) is 6.40. The zero-order valence-corrected chi connectivity index (χ0v) is 14.1. The van der Waals surface area contributed by atoms with E-state index in [0.717, 1.165) is 12.8 Å². The molecule has 7 heteroatoms. The Morgan fingerprint density at radius 3 is 2.48 bits per heavy atom. The fraction of sp³-hybridized carbons (Fsp3) is 0.571. The predicted octanol–water partition coefficient (Wildman–Crippen LogP) is 1.92. The number of thiophene rings is 1. The van der Waals surface area contributed by atoms with E-state index in [4.69, 9.17) is 5.73 Å². The minimum absolute atomic E-state index is 0. The maximum atomic E-state index is 11.7. The van der Waals surface area contributed by atoms with Crippen molar-refractivity contribution in [3.63, 3.8) is 0 Å². The van der Waals surface area contributed by atoms with Crippen LogP contribution in [0.4, 0.5) is 0 Å². The van der Waals surface area contributed by atoms with Crippen LogP contribution in [0.3, 0.4) is 0 Å². The van der Waals surface area contributed by atoms with Crippen LogP contribution in [0.2, 0.25) is 0 Å². The first-order chi connectivity index (χ1) is 9.50. The quantitative estimate of drug-likeness (QED) is 0.679. The number of rotatable bonds is 8. The van der Waals surface area contributed by atoms with E-state index in [2.05, 4.69) is 10.6 Å². The van der Waals surface area contributed by atoms with E-state index < -0.39 is 0 Å². The summed E-state index contributed by atoms with van der Waals surface area (Å²) in [4.78, 5) is 23.3. The lowest BCUT2D eigenvalue weighted by Crippen LogP contribution is -2.49. The Balaban J connectivity index is 0.00000400. The molecule has 0 unspecified atom stereocenters. The molecule has 4 N–H and O–H groups in total. The predicted molar refractivity (Wildman–Crippen MR) is 89.0 cm³/mol. The van der Waals surface area contributed by atoms with Gasteiger partial charge in [-0.25, -0.2) is 0 Å². The van der Waals surface area contributed by atoms with Crippen molar-refractivity contribution < 1.29 is 9.59 Å². The first kappa shape index (κ1) is 19.9. The normalized spacial score (nSPS) is 10.6. The number of hydrogen-bond donors (Lipinski definition) is 3. The Morgan fingerprint density at radius 1 is 1.29 bits per heavy atom. The summed E-state index contributed by atoms with van der Waals surface area (Å²) < 4.78 is 0. The monoisotopic (exact) mass is 333 g/mol. The van der Waals surface area contributed by atoms with Crippen molar-refractivity contribution in [3.05, 3.63) is 22.4 Å². The number of nitrogens with two attached hydrogens (primary N) is 1. The molecule has 0 aliphatic carbocycles. The number of nitrogens with one attached hydrogen (secondary N) is 2. The molecule has 21 heavy (non-hydrogen) atoms. The van der Waals surface area contributed by atoms with Crippen LogP contribution in [0.5, 0.6) is 0 Å². The fourth-order valence-electron chi connectivity index (χ4n) is 1.65. The van der Waals surface area contributed by atoms with Crippen molar-refractivity contribution in [1.29, 1.82) is 0 Å². The van der Waals surface area contributed by atoms with Gasteiger partial charge in [-0.1, -0.05) is 13.8 Å². The highest BCUT2D eigenvalue weighted by Crippen LogP contribution is 2.09. The summed E-state index contributed by atoms with van der Waals surface area (Å²) in [7, 11) is 0. The minimum Gasteiger partial charge on any atom is -0.354 e. The molecule has 5 nitrogen and oxygen atoms in total. The lowest BCUT2D eigenvalue weighted by Gasteiger charge is -2.26. The second kappa shape index (κ2) is 9.76. The number of carbonyl (C=O) groups excluding carboxylic acids is 2. The molecule has 2 amide bonds. The van der Waals surface area contributed by atoms with Crippen LogP contribution in [0.1, 0.15) is 43.5 Å². The maximum Gasteiger partial charge on any atom is 0.252 e. The van der Waals surface area contributed by atoms with Gasteiger partial charge in [0.05, 0.1) is 0 Å². The van der Waals surface area contributed by atoms with Gasteiger partial charge >= 0.3 is 0 Å². The largest absolute Gasteiger partial charge is 0.354 e. The maximum absolute atomic E-state index is 11.7. The van der Waals surface area contributed by atoms with Crippen LogP contribution in [-0.4, -0.2) is 30.4 Å². The fourth-order valence-corrected chi connectivity index (χ4v) is 2.28. The van der Waals surface area contributed by atoms with E-state index in [1.54, 1.807) is 11.4 Å². The van der Waals surface area contributed by atoms with Crippen LogP contribution < -0.4 is 16.4 Å². The first-order valence-corrected chi connectivity index (χ1v) is 7.81. The summed E-state index contributed by atoms with van der Waals surface area (Å²) in [5.74, 6) is -0.235. The van der Waals surface area contributed by atoms with E-state index in [1.165, 1.54) is 11.3 Å². The molecule has 1 aromatic rings. The summed E-state index contributed by atoms with van der Waals surface area (Å²) in [5, 5.41) is 9.16. The van der Waals surface area contributed by atoms with E-state index in [0.29, 0.717) is 18.7 Å². The second-order valence-electron chi connectivity index (χ2n) is 4.86. The molecule has 0 saturated heterocycles. The SMILES string of the molecule is CCC(N)(CC)CNC(=O)CCNC(=O)c1ccsc1.Cl. The third-order valence-electron chi connectivity index (χ3n) is 3.47. The second-order valence-corrected chi connectivity index (χ2v) is 5.64. The van der Waals surface area contributed by atoms with Gasteiger partial charge in [0.25, 0.3) is 5.91 Å². The van der Waals surface area contributed by atoms with Crippen molar-refractivity contribution in [3.8, 4) is 0 Å². The van der Waals surface area contributed by atoms with Gasteiger partial charge in [0.2, 0.25) is 5.91 Å². The van der Waals surface area contributed by atoms with Crippen LogP contribution in [0.15, 0.2) is 16.8 Å². The molecule has 0 aliphatic heterocycles. The highest BCUT2D eigenvalue weighted by Gasteiger charge is 2.20. The summed E-state index contributed by atoms with van der Waals surface area (Å²) in [6.45, 7) is 4.82. The molecule has 0 fully saturated rings. The van der Waals surface area contributed by atoms with Crippen molar-refractivity contribution >= 4 is 35.6 Å². The smallest absolute Gasteiger partial charge is 0.252 e. The van der Waals surface area contributed by atoms with Gasteiger partial charge in [0.1, 0.15) is 0 Å². The Bertz CT molecular complexity index is 433. The number of halogens is 1. The van der Waals surface area contributed by atoms with E-state index in [1.807, 2.05) is 19.2 Å². The molecule has 0 aromatic carbocycles. The lowest BCUT2D eigenvalue weighted by atomic mass is 9.94. The van der Waals surface area contributed by atoms with Gasteiger partial charge in [0, 0.05) is 36.0 Å². The lowest BCUT2D eigenvalue weighted by molar-refractivity contribution is -0.121. The minimum atomic E-state index is -0.338. The van der Waals surface area contributed by atoms with Crippen molar-refractivity contribution in [2.24, 2.45) is 5.73 Å². The molecule has 1 aromatic heterocycles. The summed E-state index contributed by atoms with van der Waals surface area (Å²) in [6, 6.07) is 1.76. The van der Waals surface area contributed by atoms with Crippen molar-refractivity contribution in [2.45, 2.75) is 38.6 Å². The van der Waals surface area contributed by atoms with Crippen LogP contribution >= 0.6 is 23.7 Å². The Hall–Kier alpha value is -1.11. The average molecular weight is 334 g/mol. The molecule has 1 rings (SSSR count). The zero-order valence-electron chi connectivity index (χ0n) is 12.5. The van der Waals surface area contributed by atoms with Crippen LogP contribution in [0.25, 0.3) is 0 Å². The molecule has 0 bridgehead atoms. The highest BCUT2D eigenvalue weighted by molar-refractivity contribution is 7.08. The average Bonchev–Trinajstić information content (AvgIpc) is 2.99. The van der Waals surface area contributed by atoms with Gasteiger partial charge < -0.3 is 16.4 Å². The molecular formula is C14H24ClN3O2S. The van der Waals surface area contributed by atoms with E-state index >= 15 is 0 Å². The van der Waals surface area contributed by atoms with Gasteiger partial charge in [-0.2, -0.15) is 11.3 Å². The molecule has 120 valence electrons. The number of hydrogen-bond acceptors (Lipinski definition) is 4. The summed E-state index contributed by atoms with van der Waals surface area (Å²) in [6.07, 6.45) is 1.90. The molecular weight excluding hydrogens is 310 g/mol. The molecule has 0 saturated carbocycles. The standard InChI is InChI=1S/C14H23N3O2S.ClH/c1-3-14(15,4-2)10-17-12(18)5-7-16-13(19)11-6-8-20-9-11;/h6,8-9H,3-5,7,10,15H2,1-2H3,(H,16,19)(H,17,18);1H. The highest BCUT2D eigenvalue weighted by atomic mass is 35.5. The van der Waals surface area contributed by atoms with E-state index in [-0.39, 0.29) is 36.2 Å². The van der Waals surface area contributed by atoms with Crippen molar-refractivity contribution in [2.75, 3.05) is 13.1 Å². The van der Waals surface area contributed by atoms with Crippen molar-refractivity contribution in [1.82, 2.24) is 10.6 Å². The Kier molecular flexibility index (Phi) is 9.24. The third kappa shape index (κ3) is 6.93. The Morgan fingerprint density at radius 2 is 1.95 bits per heavy atom.